The summed E-state index contributed by atoms with van der Waals surface area (Å²) < 4.78 is 7.42. The summed E-state index contributed by atoms with van der Waals surface area (Å²) in [5.74, 6) is 0.219. The first-order chi connectivity index (χ1) is 15.1. The lowest BCUT2D eigenvalue weighted by atomic mass is 9.94. The van der Waals surface area contributed by atoms with Crippen molar-refractivity contribution in [3.05, 3.63) is 59.9 Å². The van der Waals surface area contributed by atoms with Crippen molar-refractivity contribution in [2.75, 3.05) is 33.4 Å². The average molecular weight is 442 g/mol. The lowest BCUT2D eigenvalue weighted by Crippen LogP contribution is -2.48. The van der Waals surface area contributed by atoms with Crippen LogP contribution in [0.15, 0.2) is 48.7 Å². The highest BCUT2D eigenvalue weighted by atomic mass is 16.5. The number of hydrogen-bond donors (Lipinski definition) is 0. The summed E-state index contributed by atoms with van der Waals surface area (Å²) in [6.07, 6.45) is 2.04. The molecule has 0 saturated heterocycles. The van der Waals surface area contributed by atoms with Gasteiger partial charge >= 0.3 is 0 Å². The number of methoxy groups -OCH3 is 1. The minimum absolute atomic E-state index is 0.00121. The summed E-state index contributed by atoms with van der Waals surface area (Å²) in [6, 6.07) is 14.3. The number of carbonyl (C=O) groups is 2. The molecule has 0 unspecified atom stereocenters. The molecule has 1 aromatic heterocycles. The first kappa shape index (κ1) is 25.7. The molecule has 2 rings (SSSR count). The Bertz CT molecular complexity index is 853. The van der Waals surface area contributed by atoms with E-state index >= 15 is 0 Å². The molecule has 0 radical (unpaired) electrons. The number of benzene rings is 1. The molecule has 6 heteroatoms. The monoisotopic (exact) mass is 441 g/mol. The summed E-state index contributed by atoms with van der Waals surface area (Å²) in [5.41, 5.74) is 1.73. The van der Waals surface area contributed by atoms with E-state index in [1.807, 2.05) is 57.3 Å². The van der Waals surface area contributed by atoms with Crippen LogP contribution in [0.2, 0.25) is 0 Å². The minimum Gasteiger partial charge on any atom is -0.383 e. The Kier molecular flexibility index (Phi) is 9.51. The largest absolute Gasteiger partial charge is 0.383 e. The number of aromatic nitrogens is 1. The predicted octanol–water partition coefficient (Wildman–Crippen LogP) is 4.04. The van der Waals surface area contributed by atoms with Gasteiger partial charge in [0.25, 0.3) is 0 Å². The van der Waals surface area contributed by atoms with Crippen molar-refractivity contribution in [1.82, 2.24) is 14.4 Å². The first-order valence-corrected chi connectivity index (χ1v) is 11.4. The number of carbonyl (C=O) groups excluding carboxylic acids is 2. The lowest BCUT2D eigenvalue weighted by molar-refractivity contribution is -0.146. The van der Waals surface area contributed by atoms with E-state index in [2.05, 4.69) is 30.5 Å². The number of ether oxygens (including phenoxy) is 1. The molecule has 176 valence electrons. The lowest BCUT2D eigenvalue weighted by Gasteiger charge is -2.32. The highest BCUT2D eigenvalue weighted by Gasteiger charge is 2.30. The van der Waals surface area contributed by atoms with Crippen molar-refractivity contribution in [3.63, 3.8) is 0 Å². The molecular formula is C26H39N3O3. The maximum Gasteiger partial charge on any atom is 0.242 e. The Labute approximate surface area is 193 Å². The van der Waals surface area contributed by atoms with Gasteiger partial charge in [-0.05, 0) is 23.6 Å². The summed E-state index contributed by atoms with van der Waals surface area (Å²) in [4.78, 5) is 29.8. The van der Waals surface area contributed by atoms with E-state index in [1.165, 1.54) is 5.56 Å². The summed E-state index contributed by atoms with van der Waals surface area (Å²) >= 11 is 0. The molecular weight excluding hydrogens is 402 g/mol. The van der Waals surface area contributed by atoms with Crippen LogP contribution >= 0.6 is 0 Å². The fourth-order valence-electron chi connectivity index (χ4n) is 3.61. The van der Waals surface area contributed by atoms with Crippen molar-refractivity contribution in [1.29, 1.82) is 0 Å². The smallest absolute Gasteiger partial charge is 0.242 e. The van der Waals surface area contributed by atoms with E-state index in [-0.39, 0.29) is 24.3 Å². The molecule has 0 spiro atoms. The SMILES string of the molecule is COCCN(Cc1cccn1Cc1ccccc1)C(=O)CN(CC(C)C)C(=O)C(C)(C)C. The van der Waals surface area contributed by atoms with Gasteiger partial charge in [-0.15, -0.1) is 0 Å². The van der Waals surface area contributed by atoms with Gasteiger partial charge in [0, 0.05) is 44.0 Å². The van der Waals surface area contributed by atoms with Crippen molar-refractivity contribution >= 4 is 11.8 Å². The van der Waals surface area contributed by atoms with E-state index in [9.17, 15) is 9.59 Å². The van der Waals surface area contributed by atoms with E-state index in [1.54, 1.807) is 16.9 Å². The van der Waals surface area contributed by atoms with Crippen molar-refractivity contribution in [2.24, 2.45) is 11.3 Å². The number of hydrogen-bond acceptors (Lipinski definition) is 3. The predicted molar refractivity (Wildman–Crippen MR) is 128 cm³/mol. The Balaban J connectivity index is 2.17. The highest BCUT2D eigenvalue weighted by molar-refractivity contribution is 5.87. The van der Waals surface area contributed by atoms with Crippen molar-refractivity contribution in [2.45, 2.75) is 47.7 Å². The third kappa shape index (κ3) is 7.83. The summed E-state index contributed by atoms with van der Waals surface area (Å²) in [7, 11) is 1.63. The maximum atomic E-state index is 13.3. The summed E-state index contributed by atoms with van der Waals surface area (Å²) in [5, 5.41) is 0. The Hall–Kier alpha value is -2.60. The second-order valence-electron chi connectivity index (χ2n) is 9.75. The van der Waals surface area contributed by atoms with Crippen LogP contribution in [0.5, 0.6) is 0 Å². The molecule has 2 aromatic rings. The summed E-state index contributed by atoms with van der Waals surface area (Å²) in [6.45, 7) is 12.6. The minimum atomic E-state index is -0.531. The van der Waals surface area contributed by atoms with Gasteiger partial charge in [0.05, 0.1) is 19.7 Å². The fraction of sp³-hybridized carbons (Fsp3) is 0.538. The first-order valence-electron chi connectivity index (χ1n) is 11.4. The molecule has 1 heterocycles. The van der Waals surface area contributed by atoms with Crippen LogP contribution in [0.1, 0.15) is 45.9 Å². The van der Waals surface area contributed by atoms with Crippen LogP contribution in [-0.4, -0.2) is 59.5 Å². The van der Waals surface area contributed by atoms with Crippen LogP contribution in [0.25, 0.3) is 0 Å². The number of amides is 2. The Morgan fingerprint density at radius 1 is 1.03 bits per heavy atom. The van der Waals surface area contributed by atoms with E-state index in [0.717, 1.165) is 12.2 Å². The third-order valence-corrected chi connectivity index (χ3v) is 5.23. The zero-order valence-corrected chi connectivity index (χ0v) is 20.5. The molecule has 0 saturated carbocycles. The van der Waals surface area contributed by atoms with Crippen LogP contribution < -0.4 is 0 Å². The van der Waals surface area contributed by atoms with Crippen molar-refractivity contribution in [3.8, 4) is 0 Å². The number of nitrogens with zero attached hydrogens (tertiary/aromatic N) is 3. The zero-order valence-electron chi connectivity index (χ0n) is 20.5. The van der Waals surface area contributed by atoms with Crippen LogP contribution in [0.3, 0.4) is 0 Å². The average Bonchev–Trinajstić information content (AvgIpc) is 3.16. The quantitative estimate of drug-likeness (QED) is 0.529. The van der Waals surface area contributed by atoms with E-state index < -0.39 is 5.41 Å². The van der Waals surface area contributed by atoms with Gasteiger partial charge in [0.15, 0.2) is 0 Å². The molecule has 2 amide bonds. The highest BCUT2D eigenvalue weighted by Crippen LogP contribution is 2.19. The molecule has 6 nitrogen and oxygen atoms in total. The van der Waals surface area contributed by atoms with Gasteiger partial charge in [-0.3, -0.25) is 9.59 Å². The fourth-order valence-corrected chi connectivity index (χ4v) is 3.61. The molecule has 0 aliphatic heterocycles. The zero-order chi connectivity index (χ0) is 23.7. The van der Waals surface area contributed by atoms with Gasteiger partial charge in [0.2, 0.25) is 11.8 Å². The third-order valence-electron chi connectivity index (χ3n) is 5.23. The van der Waals surface area contributed by atoms with Crippen LogP contribution in [0.4, 0.5) is 0 Å². The normalized spacial score (nSPS) is 11.6. The molecule has 0 N–H and O–H groups in total. The maximum absolute atomic E-state index is 13.3. The molecule has 32 heavy (non-hydrogen) atoms. The van der Waals surface area contributed by atoms with Gasteiger partial charge in [-0.25, -0.2) is 0 Å². The topological polar surface area (TPSA) is 54.8 Å². The van der Waals surface area contributed by atoms with E-state index in [4.69, 9.17) is 4.74 Å². The van der Waals surface area contributed by atoms with Gasteiger partial charge in [-0.2, -0.15) is 0 Å². The molecule has 0 fully saturated rings. The molecule has 0 aliphatic carbocycles. The van der Waals surface area contributed by atoms with Crippen LogP contribution in [0, 0.1) is 11.3 Å². The van der Waals surface area contributed by atoms with Gasteiger partial charge < -0.3 is 19.1 Å². The second kappa shape index (κ2) is 11.9. The molecule has 0 bridgehead atoms. The van der Waals surface area contributed by atoms with E-state index in [0.29, 0.717) is 26.2 Å². The van der Waals surface area contributed by atoms with Crippen LogP contribution in [-0.2, 0) is 27.4 Å². The van der Waals surface area contributed by atoms with Gasteiger partial charge in [-0.1, -0.05) is 65.0 Å². The second-order valence-corrected chi connectivity index (χ2v) is 9.75. The Morgan fingerprint density at radius 2 is 1.72 bits per heavy atom. The molecule has 0 atom stereocenters. The standard InChI is InChI=1S/C26H39N3O3/c1-21(2)17-29(25(31)26(3,4)5)20-24(30)28(15-16-32-6)19-23-13-10-14-27(23)18-22-11-8-7-9-12-22/h7-14,21H,15-20H2,1-6H3. The Morgan fingerprint density at radius 3 is 2.31 bits per heavy atom. The van der Waals surface area contributed by atoms with Gasteiger partial charge in [0.1, 0.15) is 0 Å². The van der Waals surface area contributed by atoms with Crippen molar-refractivity contribution < 1.29 is 14.3 Å². The molecule has 0 aliphatic rings. The number of rotatable bonds is 11. The molecule has 1 aromatic carbocycles.